The third-order valence-electron chi connectivity index (χ3n) is 7.33. The van der Waals surface area contributed by atoms with Gasteiger partial charge in [0.2, 0.25) is 0 Å². The van der Waals surface area contributed by atoms with Crippen molar-refractivity contribution in [2.24, 2.45) is 23.5 Å². The molecule has 2 aromatic carbocycles. The van der Waals surface area contributed by atoms with Crippen LogP contribution in [0.4, 0.5) is 0 Å². The summed E-state index contributed by atoms with van der Waals surface area (Å²) in [7, 11) is 0. The van der Waals surface area contributed by atoms with Crippen LogP contribution in [0.5, 0.6) is 0 Å². The lowest BCUT2D eigenvalue weighted by Crippen LogP contribution is -2.33. The maximum absolute atomic E-state index is 6.60. The number of benzene rings is 2. The number of aryl methyl sites for hydroxylation is 1. The summed E-state index contributed by atoms with van der Waals surface area (Å²) >= 11 is 6.60. The zero-order valence-corrected chi connectivity index (χ0v) is 18.2. The summed E-state index contributed by atoms with van der Waals surface area (Å²) in [5.41, 5.74) is 11.3. The topological polar surface area (TPSA) is 26.0 Å². The van der Waals surface area contributed by atoms with Crippen LogP contribution in [0.15, 0.2) is 42.5 Å². The molecule has 2 fully saturated rings. The van der Waals surface area contributed by atoms with Gasteiger partial charge in [-0.1, -0.05) is 66.3 Å². The molecule has 0 spiro atoms. The van der Waals surface area contributed by atoms with E-state index in [0.29, 0.717) is 17.9 Å². The third-order valence-corrected chi connectivity index (χ3v) is 7.68. The zero-order chi connectivity index (χ0) is 20.4. The summed E-state index contributed by atoms with van der Waals surface area (Å²) in [4.78, 5) is 0. The Bertz CT molecular complexity index is 896. The van der Waals surface area contributed by atoms with Crippen molar-refractivity contribution in [3.05, 3.63) is 69.7 Å². The predicted molar refractivity (Wildman–Crippen MR) is 123 cm³/mol. The van der Waals surface area contributed by atoms with Gasteiger partial charge in [0.1, 0.15) is 0 Å². The van der Waals surface area contributed by atoms with E-state index >= 15 is 0 Å². The van der Waals surface area contributed by atoms with E-state index in [1.807, 2.05) is 12.1 Å². The van der Waals surface area contributed by atoms with Gasteiger partial charge in [0.15, 0.2) is 0 Å². The highest BCUT2D eigenvalue weighted by Crippen LogP contribution is 2.50. The van der Waals surface area contributed by atoms with E-state index in [-0.39, 0.29) is 0 Å². The summed E-state index contributed by atoms with van der Waals surface area (Å²) in [6, 6.07) is 15.6. The minimum Gasteiger partial charge on any atom is -0.328 e. The van der Waals surface area contributed by atoms with Crippen molar-refractivity contribution in [3.8, 4) is 12.3 Å². The van der Waals surface area contributed by atoms with Crippen LogP contribution < -0.4 is 5.73 Å². The molecule has 2 aliphatic rings. The molecule has 0 aliphatic heterocycles. The fraction of sp³-hybridized carbons (Fsp3) is 0.481. The highest BCUT2D eigenvalue weighted by atomic mass is 35.5. The summed E-state index contributed by atoms with van der Waals surface area (Å²) in [5, 5.41) is 0.818. The summed E-state index contributed by atoms with van der Waals surface area (Å²) in [6.45, 7) is 2.19. The molecule has 2 heteroatoms. The van der Waals surface area contributed by atoms with E-state index in [1.54, 1.807) is 0 Å². The molecule has 5 atom stereocenters. The second-order valence-corrected chi connectivity index (χ2v) is 9.76. The van der Waals surface area contributed by atoms with Gasteiger partial charge in [0, 0.05) is 16.6 Å². The van der Waals surface area contributed by atoms with Gasteiger partial charge in [0.25, 0.3) is 0 Å². The quantitative estimate of drug-likeness (QED) is 0.577. The van der Waals surface area contributed by atoms with Gasteiger partial charge in [-0.2, -0.15) is 0 Å². The molecule has 1 nitrogen and oxygen atoms in total. The van der Waals surface area contributed by atoms with Gasteiger partial charge < -0.3 is 5.73 Å². The minimum atomic E-state index is 0.380. The van der Waals surface area contributed by atoms with E-state index in [1.165, 1.54) is 55.2 Å². The zero-order valence-electron chi connectivity index (χ0n) is 17.4. The third kappa shape index (κ3) is 4.71. The van der Waals surface area contributed by atoms with Crippen LogP contribution in [0.3, 0.4) is 0 Å². The molecule has 0 heterocycles. The smallest absolute Gasteiger partial charge is 0.0450 e. The van der Waals surface area contributed by atoms with Crippen LogP contribution in [0.2, 0.25) is 5.02 Å². The average molecular weight is 406 g/mol. The molecule has 0 radical (unpaired) electrons. The predicted octanol–water partition coefficient (Wildman–Crippen LogP) is 6.50. The Kier molecular flexibility index (Phi) is 6.33. The standard InChI is InChI=1S/C27H32ClN/c1-3-19-10-11-22(27(28)13-19)14-24-15-23(20-7-4-6-18(2)12-20)17-26(24)21-8-5-9-25(29)16-21/h1,4,6-7,10-13,21,23-26H,5,8-9,14-17,29H2,2H3. The fourth-order valence-electron chi connectivity index (χ4n) is 5.91. The molecule has 0 saturated heterocycles. The van der Waals surface area contributed by atoms with Crippen LogP contribution in [0.1, 0.15) is 66.7 Å². The molecular weight excluding hydrogens is 374 g/mol. The number of terminal acetylenes is 1. The molecule has 0 bridgehead atoms. The van der Waals surface area contributed by atoms with Crippen LogP contribution in [-0.2, 0) is 6.42 Å². The van der Waals surface area contributed by atoms with Crippen molar-refractivity contribution in [3.63, 3.8) is 0 Å². The highest BCUT2D eigenvalue weighted by Gasteiger charge is 2.40. The molecule has 4 rings (SSSR count). The molecule has 2 aromatic rings. The van der Waals surface area contributed by atoms with Gasteiger partial charge in [0.05, 0.1) is 0 Å². The van der Waals surface area contributed by atoms with Crippen LogP contribution in [-0.4, -0.2) is 6.04 Å². The van der Waals surface area contributed by atoms with Gasteiger partial charge in [-0.25, -0.2) is 0 Å². The van der Waals surface area contributed by atoms with Gasteiger partial charge >= 0.3 is 0 Å². The number of hydrogen-bond donors (Lipinski definition) is 1. The molecule has 5 unspecified atom stereocenters. The summed E-state index contributed by atoms with van der Waals surface area (Å²) in [6.07, 6.45) is 14.1. The number of nitrogens with two attached hydrogens (primary N) is 1. The second kappa shape index (κ2) is 8.95. The number of hydrogen-bond acceptors (Lipinski definition) is 1. The normalized spacial score (nSPS) is 29.5. The SMILES string of the molecule is C#Cc1ccc(CC2CC(c3cccc(C)c3)CC2C2CCCC(N)C2)c(Cl)c1. The number of halogens is 1. The lowest BCUT2D eigenvalue weighted by atomic mass is 9.72. The van der Waals surface area contributed by atoms with E-state index in [4.69, 9.17) is 23.8 Å². The van der Waals surface area contributed by atoms with Crippen LogP contribution in [0.25, 0.3) is 0 Å². The first-order valence-electron chi connectivity index (χ1n) is 11.1. The Morgan fingerprint density at radius 3 is 2.69 bits per heavy atom. The Hall–Kier alpha value is -1.75. The summed E-state index contributed by atoms with van der Waals surface area (Å²) in [5.74, 6) is 5.48. The lowest BCUT2D eigenvalue weighted by Gasteiger charge is -2.34. The van der Waals surface area contributed by atoms with E-state index in [9.17, 15) is 0 Å². The molecule has 2 aliphatic carbocycles. The van der Waals surface area contributed by atoms with Gasteiger partial charge in [-0.05, 0) is 86.0 Å². The Balaban J connectivity index is 1.58. The van der Waals surface area contributed by atoms with Crippen molar-refractivity contribution in [1.29, 1.82) is 0 Å². The average Bonchev–Trinajstić information content (AvgIpc) is 3.13. The Morgan fingerprint density at radius 1 is 1.10 bits per heavy atom. The van der Waals surface area contributed by atoms with E-state index in [0.717, 1.165) is 28.8 Å². The fourth-order valence-corrected chi connectivity index (χ4v) is 6.16. The number of rotatable bonds is 4. The molecule has 152 valence electrons. The maximum Gasteiger partial charge on any atom is 0.0450 e. The molecule has 2 saturated carbocycles. The Morgan fingerprint density at radius 2 is 1.97 bits per heavy atom. The first-order valence-corrected chi connectivity index (χ1v) is 11.5. The largest absolute Gasteiger partial charge is 0.328 e. The van der Waals surface area contributed by atoms with E-state index in [2.05, 4.69) is 43.2 Å². The van der Waals surface area contributed by atoms with E-state index < -0.39 is 0 Å². The van der Waals surface area contributed by atoms with Crippen LogP contribution in [0, 0.1) is 37.0 Å². The monoisotopic (exact) mass is 405 g/mol. The molecular formula is C27H32ClN. The van der Waals surface area contributed by atoms with Gasteiger partial charge in [-0.3, -0.25) is 0 Å². The molecule has 2 N–H and O–H groups in total. The lowest BCUT2D eigenvalue weighted by molar-refractivity contribution is 0.187. The minimum absolute atomic E-state index is 0.380. The van der Waals surface area contributed by atoms with Crippen molar-refractivity contribution in [2.75, 3.05) is 0 Å². The Labute approximate surface area is 181 Å². The van der Waals surface area contributed by atoms with Crippen molar-refractivity contribution < 1.29 is 0 Å². The highest BCUT2D eigenvalue weighted by molar-refractivity contribution is 6.31. The van der Waals surface area contributed by atoms with Crippen molar-refractivity contribution >= 4 is 11.6 Å². The molecule has 0 aromatic heterocycles. The van der Waals surface area contributed by atoms with Gasteiger partial charge in [-0.15, -0.1) is 6.42 Å². The van der Waals surface area contributed by atoms with Crippen molar-refractivity contribution in [2.45, 2.75) is 63.8 Å². The summed E-state index contributed by atoms with van der Waals surface area (Å²) < 4.78 is 0. The molecule has 0 amide bonds. The van der Waals surface area contributed by atoms with Crippen molar-refractivity contribution in [1.82, 2.24) is 0 Å². The first kappa shape index (κ1) is 20.5. The maximum atomic E-state index is 6.60. The first-order chi connectivity index (χ1) is 14.0. The van der Waals surface area contributed by atoms with Crippen LogP contribution >= 0.6 is 11.6 Å². The second-order valence-electron chi connectivity index (χ2n) is 9.35. The molecule has 29 heavy (non-hydrogen) atoms.